The maximum Gasteiger partial charge on any atom is 0.135 e. The number of fused-ring (bicyclic) bond motifs is 1. The second-order valence-corrected chi connectivity index (χ2v) is 14.2. The largest absolute Gasteiger partial charge is 0.509 e. The SMILES string of the molecule is Cc1cc2c(cc1C)N(c1[c-]c(Oc3[c-]c(N(c4ccccc4)c4cc(C(C)(C)C)ccn4)ccc3)cc(C(C)(C)C)c1)[CH-]N2C.[Pt]. The van der Waals surface area contributed by atoms with Crippen LogP contribution in [-0.4, -0.2) is 12.0 Å². The number of para-hydroxylation sites is 1. The Morgan fingerprint density at radius 2 is 1.40 bits per heavy atom. The van der Waals surface area contributed by atoms with Crippen LogP contribution in [0.15, 0.2) is 91.1 Å². The summed E-state index contributed by atoms with van der Waals surface area (Å²) in [6.07, 6.45) is 1.88. The van der Waals surface area contributed by atoms with Crippen molar-refractivity contribution in [2.75, 3.05) is 21.7 Å². The van der Waals surface area contributed by atoms with E-state index in [-0.39, 0.29) is 31.9 Å². The maximum absolute atomic E-state index is 6.60. The number of anilines is 6. The number of nitrogens with zero attached hydrogens (tertiary/aromatic N) is 4. The quantitative estimate of drug-likeness (QED) is 0.160. The van der Waals surface area contributed by atoms with Crippen LogP contribution in [0.1, 0.15) is 63.8 Å². The molecule has 246 valence electrons. The summed E-state index contributed by atoms with van der Waals surface area (Å²) < 4.78 is 6.60. The van der Waals surface area contributed by atoms with Gasteiger partial charge in [0.25, 0.3) is 0 Å². The molecule has 1 aliphatic heterocycles. The number of hydrogen-bond acceptors (Lipinski definition) is 5. The van der Waals surface area contributed by atoms with Crippen LogP contribution in [0.2, 0.25) is 0 Å². The van der Waals surface area contributed by atoms with Crippen molar-refractivity contribution in [1.29, 1.82) is 0 Å². The Balaban J connectivity index is 0.00000433. The van der Waals surface area contributed by atoms with E-state index < -0.39 is 0 Å². The maximum atomic E-state index is 6.60. The molecular weight excluding hydrogens is 760 g/mol. The first-order valence-corrected chi connectivity index (χ1v) is 15.9. The molecule has 2 heterocycles. The predicted molar refractivity (Wildman–Crippen MR) is 191 cm³/mol. The van der Waals surface area contributed by atoms with Crippen LogP contribution in [0.3, 0.4) is 0 Å². The number of pyridine rings is 1. The Labute approximate surface area is 295 Å². The number of aromatic nitrogens is 1. The molecule has 1 aliphatic rings. The first-order valence-electron chi connectivity index (χ1n) is 15.9. The first kappa shape index (κ1) is 34.3. The van der Waals surface area contributed by atoms with E-state index in [2.05, 4.69) is 144 Å². The van der Waals surface area contributed by atoms with Gasteiger partial charge in [-0.05, 0) is 84.8 Å². The molecule has 0 amide bonds. The van der Waals surface area contributed by atoms with Gasteiger partial charge in [-0.1, -0.05) is 65.4 Å². The van der Waals surface area contributed by atoms with E-state index in [0.29, 0.717) is 11.5 Å². The average molecular weight is 803 g/mol. The molecular formula is C41H43N4OPt-3. The minimum absolute atomic E-state index is 0. The van der Waals surface area contributed by atoms with Gasteiger partial charge in [-0.3, -0.25) is 0 Å². The smallest absolute Gasteiger partial charge is 0.135 e. The van der Waals surface area contributed by atoms with Gasteiger partial charge < -0.3 is 19.4 Å². The number of ether oxygens (including phenoxy) is 1. The van der Waals surface area contributed by atoms with Crippen molar-refractivity contribution in [3.63, 3.8) is 0 Å². The molecule has 4 aromatic carbocycles. The third-order valence-electron chi connectivity index (χ3n) is 8.54. The Morgan fingerprint density at radius 3 is 2.09 bits per heavy atom. The molecule has 0 N–H and O–H groups in total. The van der Waals surface area contributed by atoms with Crippen LogP contribution in [0.4, 0.5) is 34.3 Å². The molecule has 47 heavy (non-hydrogen) atoms. The van der Waals surface area contributed by atoms with Crippen molar-refractivity contribution in [2.24, 2.45) is 0 Å². The van der Waals surface area contributed by atoms with E-state index >= 15 is 0 Å². The van der Waals surface area contributed by atoms with Crippen LogP contribution in [0, 0.1) is 32.6 Å². The zero-order valence-electron chi connectivity index (χ0n) is 28.8. The number of benzene rings is 4. The van der Waals surface area contributed by atoms with Crippen molar-refractivity contribution in [3.8, 4) is 11.5 Å². The summed E-state index contributed by atoms with van der Waals surface area (Å²) in [4.78, 5) is 11.3. The summed E-state index contributed by atoms with van der Waals surface area (Å²) in [6.45, 7) is 19.8. The van der Waals surface area contributed by atoms with Gasteiger partial charge in [0.1, 0.15) is 5.82 Å². The van der Waals surface area contributed by atoms with Crippen LogP contribution in [0.5, 0.6) is 11.5 Å². The van der Waals surface area contributed by atoms with E-state index in [1.54, 1.807) is 0 Å². The van der Waals surface area contributed by atoms with Crippen LogP contribution in [0.25, 0.3) is 0 Å². The molecule has 0 radical (unpaired) electrons. The van der Waals surface area contributed by atoms with Gasteiger partial charge in [-0.15, -0.1) is 47.6 Å². The van der Waals surface area contributed by atoms with Gasteiger partial charge >= 0.3 is 0 Å². The second kappa shape index (κ2) is 13.2. The van der Waals surface area contributed by atoms with Crippen molar-refractivity contribution < 1.29 is 25.8 Å². The molecule has 0 spiro atoms. The van der Waals surface area contributed by atoms with Crippen LogP contribution >= 0.6 is 0 Å². The van der Waals surface area contributed by atoms with E-state index in [4.69, 9.17) is 9.72 Å². The molecule has 5 aromatic rings. The monoisotopic (exact) mass is 802 g/mol. The number of aryl methyl sites for hydroxylation is 2. The summed E-state index contributed by atoms with van der Waals surface area (Å²) in [6, 6.07) is 36.4. The summed E-state index contributed by atoms with van der Waals surface area (Å²) in [5.41, 5.74) is 9.87. The van der Waals surface area contributed by atoms with Gasteiger partial charge in [0, 0.05) is 55.8 Å². The molecule has 6 rings (SSSR count). The van der Waals surface area contributed by atoms with E-state index in [9.17, 15) is 0 Å². The van der Waals surface area contributed by atoms with Gasteiger partial charge in [0.15, 0.2) is 0 Å². The molecule has 0 aliphatic carbocycles. The fraction of sp³-hybridized carbons (Fsp3) is 0.268. The second-order valence-electron chi connectivity index (χ2n) is 14.2. The minimum atomic E-state index is -0.0982. The third-order valence-corrected chi connectivity index (χ3v) is 8.54. The minimum Gasteiger partial charge on any atom is -0.509 e. The number of rotatable bonds is 6. The van der Waals surface area contributed by atoms with Gasteiger partial charge in [0.2, 0.25) is 0 Å². The van der Waals surface area contributed by atoms with E-state index in [1.165, 1.54) is 22.4 Å². The molecule has 0 atom stereocenters. The molecule has 0 unspecified atom stereocenters. The van der Waals surface area contributed by atoms with Crippen molar-refractivity contribution >= 4 is 34.3 Å². The normalized spacial score (nSPS) is 12.9. The van der Waals surface area contributed by atoms with Crippen molar-refractivity contribution in [1.82, 2.24) is 4.98 Å². The fourth-order valence-electron chi connectivity index (χ4n) is 5.62. The van der Waals surface area contributed by atoms with E-state index in [0.717, 1.165) is 34.1 Å². The van der Waals surface area contributed by atoms with Crippen LogP contribution < -0.4 is 19.4 Å². The summed E-state index contributed by atoms with van der Waals surface area (Å²) in [7, 11) is 2.09. The Kier molecular flexibility index (Phi) is 9.62. The van der Waals surface area contributed by atoms with Gasteiger partial charge in [-0.2, -0.15) is 12.7 Å². The molecule has 0 bridgehead atoms. The molecule has 1 aromatic heterocycles. The fourth-order valence-corrected chi connectivity index (χ4v) is 5.62. The number of hydrogen-bond donors (Lipinski definition) is 0. The van der Waals surface area contributed by atoms with Crippen molar-refractivity contribution in [2.45, 2.75) is 66.2 Å². The predicted octanol–water partition coefficient (Wildman–Crippen LogP) is 10.9. The van der Waals surface area contributed by atoms with Gasteiger partial charge in [0.05, 0.1) is 0 Å². The van der Waals surface area contributed by atoms with E-state index in [1.807, 2.05) is 42.6 Å². The Morgan fingerprint density at radius 1 is 0.723 bits per heavy atom. The zero-order chi connectivity index (χ0) is 32.8. The summed E-state index contributed by atoms with van der Waals surface area (Å²) in [5.74, 6) is 2.07. The summed E-state index contributed by atoms with van der Waals surface area (Å²) in [5, 5.41) is 0. The topological polar surface area (TPSA) is 31.8 Å². The molecule has 5 nitrogen and oxygen atoms in total. The summed E-state index contributed by atoms with van der Waals surface area (Å²) >= 11 is 0. The molecule has 0 fully saturated rings. The van der Waals surface area contributed by atoms with Crippen molar-refractivity contribution in [3.05, 3.63) is 132 Å². The molecule has 6 heteroatoms. The molecule has 0 saturated carbocycles. The Bertz CT molecular complexity index is 1870. The standard InChI is InChI=1S/C41H43N4O.Pt/c1-28-20-37-38(21-29(28)2)44(27-43(37)9)34-22-31(41(6,7)8)23-36(26-34)46-35-17-13-16-33(25-35)45(32-14-11-10-12-15-32)39-24-30(18-19-42-39)40(3,4)5;/h10-24,27H,1-9H3;/q-3;. The van der Waals surface area contributed by atoms with Gasteiger partial charge in [-0.25, -0.2) is 4.98 Å². The average Bonchev–Trinajstić information content (AvgIpc) is 3.32. The van der Waals surface area contributed by atoms with Crippen LogP contribution in [-0.2, 0) is 31.9 Å². The first-order chi connectivity index (χ1) is 21.8. The third kappa shape index (κ3) is 7.26. The zero-order valence-corrected chi connectivity index (χ0v) is 31.0. The molecule has 0 saturated heterocycles. The Hall–Kier alpha value is -4.08.